The molecule has 0 bridgehead atoms. The molecule has 184 valence electrons. The summed E-state index contributed by atoms with van der Waals surface area (Å²) in [5.41, 5.74) is 4.53. The van der Waals surface area contributed by atoms with Crippen molar-refractivity contribution in [1.29, 1.82) is 0 Å². The zero-order valence-corrected chi connectivity index (χ0v) is 21.3. The van der Waals surface area contributed by atoms with Gasteiger partial charge in [0.1, 0.15) is 0 Å². The maximum absolute atomic E-state index is 5.88. The zero-order valence-electron chi connectivity index (χ0n) is 20.5. The van der Waals surface area contributed by atoms with E-state index in [9.17, 15) is 0 Å². The van der Waals surface area contributed by atoms with E-state index in [1.54, 1.807) is 0 Å². The van der Waals surface area contributed by atoms with Crippen LogP contribution in [0, 0.1) is 0 Å². The van der Waals surface area contributed by atoms with Crippen LogP contribution in [-0.4, -0.2) is 78.0 Å². The number of morpholine rings is 1. The molecule has 35 heavy (non-hydrogen) atoms. The van der Waals surface area contributed by atoms with Crippen LogP contribution >= 0.6 is 12.2 Å². The molecule has 2 saturated heterocycles. The highest BCUT2D eigenvalue weighted by molar-refractivity contribution is 7.80. The molecule has 8 heteroatoms. The van der Waals surface area contributed by atoms with Gasteiger partial charge in [0.05, 0.1) is 31.0 Å². The Morgan fingerprint density at radius 2 is 1.83 bits per heavy atom. The molecule has 0 amide bonds. The Kier molecular flexibility index (Phi) is 7.32. The average Bonchev–Trinajstić information content (AvgIpc) is 3.50. The molecule has 0 spiro atoms. The Labute approximate surface area is 213 Å². The first-order valence-electron chi connectivity index (χ1n) is 12.3. The maximum atomic E-state index is 5.88. The first-order valence-corrected chi connectivity index (χ1v) is 12.8. The van der Waals surface area contributed by atoms with Crippen molar-refractivity contribution in [3.8, 4) is 5.69 Å². The van der Waals surface area contributed by atoms with E-state index in [-0.39, 0.29) is 12.1 Å². The van der Waals surface area contributed by atoms with E-state index >= 15 is 0 Å². The molecule has 3 aromatic rings. The number of benzene rings is 1. The maximum Gasteiger partial charge on any atom is 0.170 e. The number of hydrogen-bond donors (Lipinski definition) is 1. The van der Waals surface area contributed by atoms with Gasteiger partial charge in [-0.1, -0.05) is 6.07 Å². The molecule has 0 saturated carbocycles. The van der Waals surface area contributed by atoms with Crippen molar-refractivity contribution >= 4 is 23.0 Å². The molecule has 4 heterocycles. The van der Waals surface area contributed by atoms with E-state index in [0.29, 0.717) is 0 Å². The van der Waals surface area contributed by atoms with Gasteiger partial charge in [0.25, 0.3) is 0 Å². The van der Waals surface area contributed by atoms with Gasteiger partial charge in [-0.05, 0) is 67.2 Å². The van der Waals surface area contributed by atoms with Crippen molar-refractivity contribution < 1.29 is 4.74 Å². The lowest BCUT2D eigenvalue weighted by Gasteiger charge is -2.31. The average molecular weight is 491 g/mol. The highest BCUT2D eigenvalue weighted by Gasteiger charge is 2.41. The van der Waals surface area contributed by atoms with Gasteiger partial charge >= 0.3 is 0 Å². The second-order valence-electron chi connectivity index (χ2n) is 9.34. The third-order valence-corrected chi connectivity index (χ3v) is 7.25. The summed E-state index contributed by atoms with van der Waals surface area (Å²) in [7, 11) is 4.13. The van der Waals surface area contributed by atoms with Crippen molar-refractivity contribution in [2.45, 2.75) is 18.5 Å². The normalized spacial score (nSPS) is 20.7. The predicted molar refractivity (Wildman–Crippen MR) is 144 cm³/mol. The Hall–Kier alpha value is -2.94. The summed E-state index contributed by atoms with van der Waals surface area (Å²) < 4.78 is 7.79. The molecule has 7 nitrogen and oxygen atoms in total. The topological polar surface area (TPSA) is 48.8 Å². The van der Waals surface area contributed by atoms with E-state index in [2.05, 4.69) is 87.3 Å². The number of ether oxygens (including phenoxy) is 1. The van der Waals surface area contributed by atoms with E-state index in [0.717, 1.165) is 62.3 Å². The molecule has 2 fully saturated rings. The molecule has 2 aromatic heterocycles. The van der Waals surface area contributed by atoms with Gasteiger partial charge < -0.3 is 24.4 Å². The number of aromatic nitrogens is 2. The third kappa shape index (κ3) is 5.19. The number of nitrogens with one attached hydrogen (secondary N) is 1. The van der Waals surface area contributed by atoms with Gasteiger partial charge in [-0.2, -0.15) is 0 Å². The molecule has 0 radical (unpaired) electrons. The summed E-state index contributed by atoms with van der Waals surface area (Å²) >= 11 is 5.88. The van der Waals surface area contributed by atoms with Gasteiger partial charge in [0.15, 0.2) is 5.11 Å². The Morgan fingerprint density at radius 3 is 2.54 bits per heavy atom. The number of thiocarbonyl (C=S) groups is 1. The third-order valence-electron chi connectivity index (χ3n) is 6.90. The van der Waals surface area contributed by atoms with Crippen LogP contribution in [0.25, 0.3) is 5.69 Å². The standard InChI is InChI=1S/C27H34N6OS/c1-30(2)21-9-11-22(12-10-21)32-15-5-8-24(32)26-25(23-7-3-4-13-28-23)29-27(35)33(26)16-6-14-31-17-19-34-20-18-31/h3-5,7-13,15,25-26H,6,14,16-20H2,1-2H3,(H,29,35)/t25-,26+/m1/s1. The first kappa shape index (κ1) is 23.8. The van der Waals surface area contributed by atoms with E-state index in [4.69, 9.17) is 21.9 Å². The molecule has 2 aliphatic rings. The van der Waals surface area contributed by atoms with Crippen LogP contribution in [0.2, 0.25) is 0 Å². The number of pyridine rings is 1. The molecule has 0 aliphatic carbocycles. The first-order chi connectivity index (χ1) is 17.1. The van der Waals surface area contributed by atoms with Crippen LogP contribution in [-0.2, 0) is 4.74 Å². The fourth-order valence-corrected chi connectivity index (χ4v) is 5.37. The van der Waals surface area contributed by atoms with Gasteiger partial charge in [-0.25, -0.2) is 0 Å². The van der Waals surface area contributed by atoms with Crippen molar-refractivity contribution in [2.24, 2.45) is 0 Å². The number of rotatable bonds is 8. The van der Waals surface area contributed by atoms with Gasteiger partial charge in [0.2, 0.25) is 0 Å². The summed E-state index contributed by atoms with van der Waals surface area (Å²) in [6.45, 7) is 5.61. The molecule has 1 aromatic carbocycles. The second kappa shape index (κ2) is 10.8. The SMILES string of the molecule is CN(C)c1ccc(-n2cccc2[C@H]2[C@@H](c3ccccn3)NC(=S)N2CCCN2CCOCC2)cc1. The quantitative estimate of drug-likeness (QED) is 0.484. The van der Waals surface area contributed by atoms with Crippen LogP contribution in [0.1, 0.15) is 29.9 Å². The summed E-state index contributed by atoms with van der Waals surface area (Å²) in [6, 6.07) is 19.1. The highest BCUT2D eigenvalue weighted by atomic mass is 32.1. The lowest BCUT2D eigenvalue weighted by Crippen LogP contribution is -2.39. The minimum Gasteiger partial charge on any atom is -0.379 e. The zero-order chi connectivity index (χ0) is 24.2. The van der Waals surface area contributed by atoms with Crippen molar-refractivity contribution in [3.63, 3.8) is 0 Å². The Morgan fingerprint density at radius 1 is 1.03 bits per heavy atom. The molecule has 0 unspecified atom stereocenters. The lowest BCUT2D eigenvalue weighted by atomic mass is 10.0. The van der Waals surface area contributed by atoms with Crippen LogP contribution in [0.15, 0.2) is 67.0 Å². The predicted octanol–water partition coefficient (Wildman–Crippen LogP) is 3.63. The summed E-state index contributed by atoms with van der Waals surface area (Å²) in [4.78, 5) is 11.6. The molecule has 2 aliphatic heterocycles. The number of hydrogen-bond acceptors (Lipinski definition) is 5. The summed E-state index contributed by atoms with van der Waals surface area (Å²) in [5, 5.41) is 4.39. The van der Waals surface area contributed by atoms with E-state index < -0.39 is 0 Å². The monoisotopic (exact) mass is 490 g/mol. The summed E-state index contributed by atoms with van der Waals surface area (Å²) in [6.07, 6.45) is 5.05. The minimum absolute atomic E-state index is 0.0122. The van der Waals surface area contributed by atoms with Crippen molar-refractivity contribution in [2.75, 3.05) is 58.4 Å². The van der Waals surface area contributed by atoms with Gasteiger partial charge in [-0.3, -0.25) is 9.88 Å². The van der Waals surface area contributed by atoms with Gasteiger partial charge in [-0.15, -0.1) is 0 Å². The van der Waals surface area contributed by atoms with Crippen LogP contribution in [0.5, 0.6) is 0 Å². The van der Waals surface area contributed by atoms with Gasteiger partial charge in [0, 0.05) is 69.7 Å². The molecular formula is C27H34N6OS. The second-order valence-corrected chi connectivity index (χ2v) is 9.73. The van der Waals surface area contributed by atoms with Crippen LogP contribution in [0.3, 0.4) is 0 Å². The molecule has 5 rings (SSSR count). The lowest BCUT2D eigenvalue weighted by molar-refractivity contribution is 0.0365. The summed E-state index contributed by atoms with van der Waals surface area (Å²) in [5.74, 6) is 0. The Balaban J connectivity index is 1.43. The fourth-order valence-electron chi connectivity index (χ4n) is 5.04. The van der Waals surface area contributed by atoms with E-state index in [1.165, 1.54) is 11.4 Å². The number of anilines is 1. The molecule has 1 N–H and O–H groups in total. The Bertz CT molecular complexity index is 1110. The van der Waals surface area contributed by atoms with Crippen molar-refractivity contribution in [1.82, 2.24) is 24.7 Å². The highest BCUT2D eigenvalue weighted by Crippen LogP contribution is 2.39. The van der Waals surface area contributed by atoms with Crippen LogP contribution in [0.4, 0.5) is 5.69 Å². The number of nitrogens with zero attached hydrogens (tertiary/aromatic N) is 5. The van der Waals surface area contributed by atoms with Crippen molar-refractivity contribution in [3.05, 3.63) is 78.4 Å². The van der Waals surface area contributed by atoms with E-state index in [1.807, 2.05) is 18.3 Å². The smallest absolute Gasteiger partial charge is 0.170 e. The molecular weight excluding hydrogens is 456 g/mol. The van der Waals surface area contributed by atoms with Crippen LogP contribution < -0.4 is 10.2 Å². The molecule has 2 atom stereocenters. The fraction of sp³-hybridized carbons (Fsp3) is 0.407. The minimum atomic E-state index is -0.0122. The largest absolute Gasteiger partial charge is 0.379 e.